The summed E-state index contributed by atoms with van der Waals surface area (Å²) in [7, 11) is 0. The highest BCUT2D eigenvalue weighted by Crippen LogP contribution is 2.26. The molecule has 84 valence electrons. The average molecular weight is 249 g/mol. The van der Waals surface area contributed by atoms with Gasteiger partial charge in [-0.1, -0.05) is 29.3 Å². The van der Waals surface area contributed by atoms with Crippen LogP contribution in [0, 0.1) is 0 Å². The van der Waals surface area contributed by atoms with Crippen LogP contribution in [0.1, 0.15) is 25.5 Å². The number of aliphatic hydroxyl groups is 1. The Hall–Kier alpha value is -0.280. The second-order valence-corrected chi connectivity index (χ2v) is 4.41. The van der Waals surface area contributed by atoms with Crippen molar-refractivity contribution < 1.29 is 9.84 Å². The molecule has 2 nitrogen and oxygen atoms in total. The van der Waals surface area contributed by atoms with Crippen LogP contribution in [0.25, 0.3) is 0 Å². The number of ether oxygens (including phenoxy) is 1. The van der Waals surface area contributed by atoms with E-state index >= 15 is 0 Å². The zero-order chi connectivity index (χ0) is 11.4. The molecule has 1 atom stereocenters. The Balaban J connectivity index is 2.69. The molecule has 0 saturated heterocycles. The van der Waals surface area contributed by atoms with Gasteiger partial charge in [0.05, 0.1) is 12.7 Å². The van der Waals surface area contributed by atoms with Gasteiger partial charge in [0.2, 0.25) is 0 Å². The normalized spacial score (nSPS) is 13.2. The molecule has 0 aliphatic heterocycles. The minimum absolute atomic E-state index is 0.0886. The monoisotopic (exact) mass is 248 g/mol. The van der Waals surface area contributed by atoms with E-state index in [2.05, 4.69) is 0 Å². The Bertz CT molecular complexity index is 326. The third kappa shape index (κ3) is 3.99. The lowest BCUT2D eigenvalue weighted by atomic mass is 10.1. The van der Waals surface area contributed by atoms with Gasteiger partial charge in [-0.2, -0.15) is 0 Å². The second kappa shape index (κ2) is 5.71. The van der Waals surface area contributed by atoms with Crippen LogP contribution in [0.2, 0.25) is 10.0 Å². The van der Waals surface area contributed by atoms with Crippen LogP contribution in [0.4, 0.5) is 0 Å². The number of hydrogen-bond donors (Lipinski definition) is 1. The third-order valence-corrected chi connectivity index (χ3v) is 2.47. The van der Waals surface area contributed by atoms with Gasteiger partial charge in [-0.25, -0.2) is 0 Å². The van der Waals surface area contributed by atoms with Crippen LogP contribution < -0.4 is 0 Å². The van der Waals surface area contributed by atoms with E-state index in [1.165, 1.54) is 0 Å². The Morgan fingerprint density at radius 3 is 2.53 bits per heavy atom. The molecular formula is C11H14Cl2O2. The minimum Gasteiger partial charge on any atom is -0.386 e. The van der Waals surface area contributed by atoms with Crippen molar-refractivity contribution in [2.45, 2.75) is 26.1 Å². The van der Waals surface area contributed by atoms with Crippen molar-refractivity contribution in [3.8, 4) is 0 Å². The molecule has 0 bridgehead atoms. The Morgan fingerprint density at radius 1 is 1.33 bits per heavy atom. The van der Waals surface area contributed by atoms with Gasteiger partial charge in [0.25, 0.3) is 0 Å². The first-order valence-electron chi connectivity index (χ1n) is 4.75. The van der Waals surface area contributed by atoms with E-state index in [4.69, 9.17) is 27.9 Å². The standard InChI is InChI=1S/C11H14Cl2O2/c1-7(2)15-6-11(14)9-4-3-8(12)5-10(9)13/h3-5,7,11,14H,6H2,1-2H3. The number of halogens is 2. The molecule has 1 aromatic carbocycles. The van der Waals surface area contributed by atoms with Gasteiger partial charge in [-0.3, -0.25) is 0 Å². The zero-order valence-corrected chi connectivity index (χ0v) is 10.2. The molecular weight excluding hydrogens is 235 g/mol. The molecule has 15 heavy (non-hydrogen) atoms. The van der Waals surface area contributed by atoms with Gasteiger partial charge < -0.3 is 9.84 Å². The lowest BCUT2D eigenvalue weighted by Gasteiger charge is -2.15. The maximum absolute atomic E-state index is 9.79. The van der Waals surface area contributed by atoms with E-state index in [1.807, 2.05) is 13.8 Å². The SMILES string of the molecule is CC(C)OCC(O)c1ccc(Cl)cc1Cl. The summed E-state index contributed by atoms with van der Waals surface area (Å²) in [6.45, 7) is 4.06. The summed E-state index contributed by atoms with van der Waals surface area (Å²) in [5.74, 6) is 0. The fourth-order valence-electron chi connectivity index (χ4n) is 1.15. The van der Waals surface area contributed by atoms with Crippen molar-refractivity contribution in [2.24, 2.45) is 0 Å². The van der Waals surface area contributed by atoms with Gasteiger partial charge in [-0.05, 0) is 26.0 Å². The molecule has 0 aliphatic carbocycles. The third-order valence-electron chi connectivity index (χ3n) is 1.91. The van der Waals surface area contributed by atoms with Crippen molar-refractivity contribution in [3.05, 3.63) is 33.8 Å². The Labute approximate surface area is 99.8 Å². The van der Waals surface area contributed by atoms with Crippen LogP contribution >= 0.6 is 23.2 Å². The fraction of sp³-hybridized carbons (Fsp3) is 0.455. The lowest BCUT2D eigenvalue weighted by Crippen LogP contribution is -2.12. The molecule has 1 rings (SSSR count). The smallest absolute Gasteiger partial charge is 0.104 e. The molecule has 1 unspecified atom stereocenters. The van der Waals surface area contributed by atoms with Crippen molar-refractivity contribution in [1.29, 1.82) is 0 Å². The van der Waals surface area contributed by atoms with Crippen LogP contribution in [0.3, 0.4) is 0 Å². The zero-order valence-electron chi connectivity index (χ0n) is 8.71. The predicted octanol–water partition coefficient (Wildman–Crippen LogP) is 3.45. The molecule has 0 saturated carbocycles. The number of benzene rings is 1. The summed E-state index contributed by atoms with van der Waals surface area (Å²) < 4.78 is 5.30. The minimum atomic E-state index is -0.711. The van der Waals surface area contributed by atoms with Crippen molar-refractivity contribution in [3.63, 3.8) is 0 Å². The molecule has 0 fully saturated rings. The highest BCUT2D eigenvalue weighted by Gasteiger charge is 2.12. The molecule has 4 heteroatoms. The first kappa shape index (κ1) is 12.8. The van der Waals surface area contributed by atoms with E-state index in [1.54, 1.807) is 18.2 Å². The van der Waals surface area contributed by atoms with Crippen LogP contribution in [0.15, 0.2) is 18.2 Å². The Kier molecular flexibility index (Phi) is 4.87. The van der Waals surface area contributed by atoms with Gasteiger partial charge in [0.1, 0.15) is 6.10 Å². The number of hydrogen-bond acceptors (Lipinski definition) is 2. The van der Waals surface area contributed by atoms with E-state index in [0.29, 0.717) is 15.6 Å². The predicted molar refractivity (Wildman–Crippen MR) is 62.5 cm³/mol. The van der Waals surface area contributed by atoms with E-state index in [-0.39, 0.29) is 12.7 Å². The van der Waals surface area contributed by atoms with Crippen LogP contribution in [0.5, 0.6) is 0 Å². The summed E-state index contributed by atoms with van der Waals surface area (Å²) in [5.41, 5.74) is 0.640. The molecule has 0 aliphatic rings. The topological polar surface area (TPSA) is 29.5 Å². The van der Waals surface area contributed by atoms with Crippen LogP contribution in [-0.2, 0) is 4.74 Å². The van der Waals surface area contributed by atoms with E-state index < -0.39 is 6.10 Å². The summed E-state index contributed by atoms with van der Waals surface area (Å²) in [5, 5.41) is 10.8. The summed E-state index contributed by atoms with van der Waals surface area (Å²) in [6.07, 6.45) is -0.622. The molecule has 0 spiro atoms. The van der Waals surface area contributed by atoms with Gasteiger partial charge in [0.15, 0.2) is 0 Å². The largest absolute Gasteiger partial charge is 0.386 e. The van der Waals surface area contributed by atoms with E-state index in [0.717, 1.165) is 0 Å². The summed E-state index contributed by atoms with van der Waals surface area (Å²) in [6, 6.07) is 5.01. The van der Waals surface area contributed by atoms with Gasteiger partial charge >= 0.3 is 0 Å². The quantitative estimate of drug-likeness (QED) is 0.885. The summed E-state index contributed by atoms with van der Waals surface area (Å²) in [4.78, 5) is 0. The fourth-order valence-corrected chi connectivity index (χ4v) is 1.68. The first-order chi connectivity index (χ1) is 7.00. The molecule has 0 heterocycles. The van der Waals surface area contributed by atoms with E-state index in [9.17, 15) is 5.11 Å². The van der Waals surface area contributed by atoms with Crippen molar-refractivity contribution >= 4 is 23.2 Å². The first-order valence-corrected chi connectivity index (χ1v) is 5.51. The number of rotatable bonds is 4. The highest BCUT2D eigenvalue weighted by atomic mass is 35.5. The van der Waals surface area contributed by atoms with Gasteiger partial charge in [0, 0.05) is 15.6 Å². The second-order valence-electron chi connectivity index (χ2n) is 3.56. The average Bonchev–Trinajstić information content (AvgIpc) is 2.14. The molecule has 0 radical (unpaired) electrons. The molecule has 1 N–H and O–H groups in total. The van der Waals surface area contributed by atoms with Crippen molar-refractivity contribution in [1.82, 2.24) is 0 Å². The Morgan fingerprint density at radius 2 is 2.00 bits per heavy atom. The maximum Gasteiger partial charge on any atom is 0.104 e. The van der Waals surface area contributed by atoms with Crippen molar-refractivity contribution in [2.75, 3.05) is 6.61 Å². The van der Waals surface area contributed by atoms with Gasteiger partial charge in [-0.15, -0.1) is 0 Å². The number of aliphatic hydroxyl groups excluding tert-OH is 1. The van der Waals surface area contributed by atoms with Crippen LogP contribution in [-0.4, -0.2) is 17.8 Å². The molecule has 0 aromatic heterocycles. The highest BCUT2D eigenvalue weighted by molar-refractivity contribution is 6.35. The molecule has 1 aromatic rings. The maximum atomic E-state index is 9.79. The molecule has 0 amide bonds. The summed E-state index contributed by atoms with van der Waals surface area (Å²) >= 11 is 11.7. The lowest BCUT2D eigenvalue weighted by molar-refractivity contribution is 0.00497.